The maximum absolute atomic E-state index is 13.2. The maximum atomic E-state index is 13.2. The molecule has 0 bridgehead atoms. The van der Waals surface area contributed by atoms with E-state index in [1.54, 1.807) is 0 Å². The molecule has 0 saturated heterocycles. The molecule has 12 heteroatoms. The highest BCUT2D eigenvalue weighted by molar-refractivity contribution is 5.92. The lowest BCUT2D eigenvalue weighted by Gasteiger charge is -2.23. The van der Waals surface area contributed by atoms with Crippen LogP contribution in [0.1, 0.15) is 97.3 Å². The van der Waals surface area contributed by atoms with Gasteiger partial charge in [0.15, 0.2) is 11.9 Å². The summed E-state index contributed by atoms with van der Waals surface area (Å²) in [6.45, 7) is 5.41. The van der Waals surface area contributed by atoms with Crippen molar-refractivity contribution in [3.63, 3.8) is 0 Å². The van der Waals surface area contributed by atoms with E-state index in [0.29, 0.717) is 51.7 Å². The van der Waals surface area contributed by atoms with Crippen molar-refractivity contribution in [1.29, 1.82) is 10.8 Å². The van der Waals surface area contributed by atoms with E-state index >= 15 is 0 Å². The SMILES string of the molecule is CCCCCCCCCC(=O)NC(CCCNC(=N)N)C(=O)NC(CCCNC(=N)N)C(=O)NCCC. The summed E-state index contributed by atoms with van der Waals surface area (Å²) in [7, 11) is 0. The minimum absolute atomic E-state index is 0.154. The third-order valence-corrected chi connectivity index (χ3v) is 5.81. The summed E-state index contributed by atoms with van der Waals surface area (Å²) in [6, 6.07) is -1.58. The van der Waals surface area contributed by atoms with Gasteiger partial charge in [-0.1, -0.05) is 52.4 Å². The molecule has 0 aliphatic heterocycles. The highest BCUT2D eigenvalue weighted by Crippen LogP contribution is 2.09. The number of nitrogens with two attached hydrogens (primary N) is 2. The molecule has 12 nitrogen and oxygen atoms in total. The Morgan fingerprint density at radius 1 is 0.622 bits per heavy atom. The van der Waals surface area contributed by atoms with Crippen LogP contribution in [0.15, 0.2) is 0 Å². The summed E-state index contributed by atoms with van der Waals surface area (Å²) in [4.78, 5) is 38.4. The van der Waals surface area contributed by atoms with Crippen molar-refractivity contribution in [2.45, 2.75) is 109 Å². The molecule has 0 aromatic rings. The molecule has 0 spiro atoms. The van der Waals surface area contributed by atoms with Crippen LogP contribution in [-0.4, -0.2) is 61.4 Å². The zero-order valence-electron chi connectivity index (χ0n) is 22.8. The molecule has 214 valence electrons. The van der Waals surface area contributed by atoms with E-state index in [4.69, 9.17) is 22.3 Å². The molecule has 3 amide bonds. The van der Waals surface area contributed by atoms with Crippen molar-refractivity contribution in [1.82, 2.24) is 26.6 Å². The van der Waals surface area contributed by atoms with Crippen LogP contribution in [0.5, 0.6) is 0 Å². The molecule has 0 saturated carbocycles. The second kappa shape index (κ2) is 22.2. The third-order valence-electron chi connectivity index (χ3n) is 5.81. The van der Waals surface area contributed by atoms with Gasteiger partial charge >= 0.3 is 0 Å². The summed E-state index contributed by atoms with van der Waals surface area (Å²) in [5.74, 6) is -1.21. The molecule has 0 rings (SSSR count). The molecular weight excluding hydrogens is 474 g/mol. The van der Waals surface area contributed by atoms with Gasteiger partial charge in [-0.3, -0.25) is 25.2 Å². The van der Waals surface area contributed by atoms with Gasteiger partial charge in [-0.05, 0) is 38.5 Å². The highest BCUT2D eigenvalue weighted by Gasteiger charge is 2.26. The van der Waals surface area contributed by atoms with Crippen LogP contribution in [0.25, 0.3) is 0 Å². The number of hydrogen-bond acceptors (Lipinski definition) is 5. The Hall–Kier alpha value is -3.05. The summed E-state index contributed by atoms with van der Waals surface area (Å²) in [5.41, 5.74) is 10.6. The largest absolute Gasteiger partial charge is 0.370 e. The number of carbonyl (C=O) groups excluding carboxylic acids is 3. The minimum Gasteiger partial charge on any atom is -0.370 e. The van der Waals surface area contributed by atoms with Gasteiger partial charge in [0.05, 0.1) is 0 Å². The average Bonchev–Trinajstić information content (AvgIpc) is 2.85. The van der Waals surface area contributed by atoms with Gasteiger partial charge in [0.2, 0.25) is 17.7 Å². The number of unbranched alkanes of at least 4 members (excludes halogenated alkanes) is 6. The van der Waals surface area contributed by atoms with E-state index in [-0.39, 0.29) is 23.7 Å². The summed E-state index contributed by atoms with van der Waals surface area (Å²) in [5, 5.41) is 28.4. The first-order chi connectivity index (χ1) is 17.7. The predicted octanol–water partition coefficient (Wildman–Crippen LogP) is 1.15. The van der Waals surface area contributed by atoms with E-state index in [1.807, 2.05) is 6.92 Å². The number of nitrogens with one attached hydrogen (secondary N) is 7. The van der Waals surface area contributed by atoms with E-state index in [0.717, 1.165) is 25.7 Å². The van der Waals surface area contributed by atoms with Gasteiger partial charge in [-0.25, -0.2) is 0 Å². The zero-order valence-corrected chi connectivity index (χ0v) is 22.8. The number of amides is 3. The van der Waals surface area contributed by atoms with Crippen LogP contribution in [-0.2, 0) is 14.4 Å². The highest BCUT2D eigenvalue weighted by atomic mass is 16.2. The van der Waals surface area contributed by atoms with Crippen LogP contribution in [0.4, 0.5) is 0 Å². The Bertz CT molecular complexity index is 688. The molecular formula is C25H51N9O3. The lowest BCUT2D eigenvalue weighted by atomic mass is 10.1. The zero-order chi connectivity index (χ0) is 27.9. The fourth-order valence-corrected chi connectivity index (χ4v) is 3.75. The molecule has 2 unspecified atom stereocenters. The molecule has 0 aliphatic carbocycles. The Morgan fingerprint density at radius 2 is 1.14 bits per heavy atom. The van der Waals surface area contributed by atoms with Gasteiger partial charge in [0.1, 0.15) is 12.1 Å². The summed E-state index contributed by atoms with van der Waals surface area (Å²) >= 11 is 0. The smallest absolute Gasteiger partial charge is 0.243 e. The van der Waals surface area contributed by atoms with Gasteiger partial charge in [0, 0.05) is 26.1 Å². The van der Waals surface area contributed by atoms with Gasteiger partial charge in [-0.15, -0.1) is 0 Å². The van der Waals surface area contributed by atoms with Crippen molar-refractivity contribution >= 4 is 29.6 Å². The molecule has 11 N–H and O–H groups in total. The first-order valence-corrected chi connectivity index (χ1v) is 13.7. The van der Waals surface area contributed by atoms with Gasteiger partial charge < -0.3 is 38.1 Å². The second-order valence-corrected chi connectivity index (χ2v) is 9.31. The average molecular weight is 526 g/mol. The van der Waals surface area contributed by atoms with Crippen molar-refractivity contribution in [3.05, 3.63) is 0 Å². The van der Waals surface area contributed by atoms with Crippen molar-refractivity contribution in [3.8, 4) is 0 Å². The summed E-state index contributed by atoms with van der Waals surface area (Å²) < 4.78 is 0. The first-order valence-electron chi connectivity index (χ1n) is 13.7. The molecule has 0 aromatic carbocycles. The molecule has 2 atom stereocenters. The van der Waals surface area contributed by atoms with Crippen molar-refractivity contribution < 1.29 is 14.4 Å². The number of hydrogen-bond donors (Lipinski definition) is 9. The third kappa shape index (κ3) is 19.8. The van der Waals surface area contributed by atoms with Crippen molar-refractivity contribution in [2.75, 3.05) is 19.6 Å². The monoisotopic (exact) mass is 525 g/mol. The summed E-state index contributed by atoms with van der Waals surface area (Å²) in [6.07, 6.45) is 10.5. The topological polar surface area (TPSA) is 211 Å². The fraction of sp³-hybridized carbons (Fsp3) is 0.800. The quantitative estimate of drug-likeness (QED) is 0.0571. The number of carbonyl (C=O) groups is 3. The minimum atomic E-state index is -0.803. The Kier molecular flexibility index (Phi) is 20.3. The standard InChI is InChI=1S/C25H51N9O3/c1-3-5-6-7-8-9-10-15-21(35)33-20(14-12-18-32-25(28)29)23(37)34-19(22(36)30-16-4-2)13-11-17-31-24(26)27/h19-20H,3-18H2,1-2H3,(H,30,36)(H,33,35)(H,34,37)(H4,26,27,31)(H4,28,29,32). The van der Waals surface area contributed by atoms with Crippen LogP contribution in [0.2, 0.25) is 0 Å². The van der Waals surface area contributed by atoms with Gasteiger partial charge in [-0.2, -0.15) is 0 Å². The predicted molar refractivity (Wildman–Crippen MR) is 148 cm³/mol. The lowest BCUT2D eigenvalue weighted by molar-refractivity contribution is -0.132. The van der Waals surface area contributed by atoms with Crippen LogP contribution in [0.3, 0.4) is 0 Å². The molecule has 37 heavy (non-hydrogen) atoms. The van der Waals surface area contributed by atoms with Crippen LogP contribution >= 0.6 is 0 Å². The first kappa shape index (κ1) is 34.0. The van der Waals surface area contributed by atoms with Crippen LogP contribution < -0.4 is 38.1 Å². The van der Waals surface area contributed by atoms with E-state index in [1.165, 1.54) is 25.7 Å². The van der Waals surface area contributed by atoms with E-state index in [2.05, 4.69) is 33.5 Å². The molecule has 0 radical (unpaired) electrons. The van der Waals surface area contributed by atoms with E-state index in [9.17, 15) is 14.4 Å². The molecule has 0 fully saturated rings. The molecule has 0 aromatic heterocycles. The Labute approximate surface area is 222 Å². The maximum Gasteiger partial charge on any atom is 0.243 e. The van der Waals surface area contributed by atoms with E-state index < -0.39 is 18.0 Å². The second-order valence-electron chi connectivity index (χ2n) is 9.31. The fourth-order valence-electron chi connectivity index (χ4n) is 3.75. The molecule has 0 aliphatic rings. The lowest BCUT2D eigenvalue weighted by Crippen LogP contribution is -2.54. The van der Waals surface area contributed by atoms with Crippen LogP contribution in [0, 0.1) is 10.8 Å². The number of rotatable bonds is 22. The Balaban J connectivity index is 5.01. The number of guanidine groups is 2. The normalized spacial score (nSPS) is 12.2. The molecule has 0 heterocycles. The Morgan fingerprint density at radius 3 is 1.65 bits per heavy atom. The van der Waals surface area contributed by atoms with Crippen molar-refractivity contribution in [2.24, 2.45) is 11.5 Å². The van der Waals surface area contributed by atoms with Gasteiger partial charge in [0.25, 0.3) is 0 Å².